The molecule has 1 aromatic rings. The lowest BCUT2D eigenvalue weighted by Gasteiger charge is -2.21. The lowest BCUT2D eigenvalue weighted by Crippen LogP contribution is -2.31. The van der Waals surface area contributed by atoms with E-state index in [1.807, 2.05) is 0 Å². The van der Waals surface area contributed by atoms with E-state index in [1.54, 1.807) is 13.8 Å². The Morgan fingerprint density at radius 3 is 2.15 bits per heavy atom. The van der Waals surface area contributed by atoms with Crippen molar-refractivity contribution in [3.8, 4) is 0 Å². The summed E-state index contributed by atoms with van der Waals surface area (Å²) in [4.78, 5) is 0. The Labute approximate surface area is 75.5 Å². The van der Waals surface area contributed by atoms with Gasteiger partial charge in [0.25, 0.3) is 0 Å². The summed E-state index contributed by atoms with van der Waals surface area (Å²) in [6.07, 6.45) is 0. The van der Waals surface area contributed by atoms with Crippen molar-refractivity contribution in [2.45, 2.75) is 19.4 Å². The zero-order chi connectivity index (χ0) is 10.2. The molecular weight excluding hydrogens is 174 g/mol. The van der Waals surface area contributed by atoms with Crippen LogP contribution in [0.4, 0.5) is 14.5 Å². The van der Waals surface area contributed by atoms with Crippen molar-refractivity contribution in [2.75, 3.05) is 5.73 Å². The van der Waals surface area contributed by atoms with E-state index in [9.17, 15) is 8.78 Å². The third kappa shape index (κ3) is 1.78. The van der Waals surface area contributed by atoms with Crippen LogP contribution in [-0.2, 0) is 5.54 Å². The van der Waals surface area contributed by atoms with Gasteiger partial charge in [-0.2, -0.15) is 0 Å². The third-order valence-corrected chi connectivity index (χ3v) is 1.77. The topological polar surface area (TPSA) is 52.0 Å². The smallest absolute Gasteiger partial charge is 0.165 e. The van der Waals surface area contributed by atoms with Crippen LogP contribution in [0.25, 0.3) is 0 Å². The van der Waals surface area contributed by atoms with Crippen molar-refractivity contribution < 1.29 is 8.78 Å². The Bertz CT molecular complexity index is 329. The summed E-state index contributed by atoms with van der Waals surface area (Å²) < 4.78 is 26.0. The van der Waals surface area contributed by atoms with Crippen molar-refractivity contribution in [2.24, 2.45) is 5.73 Å². The molecule has 0 unspecified atom stereocenters. The summed E-state index contributed by atoms with van der Waals surface area (Å²) >= 11 is 0. The van der Waals surface area contributed by atoms with Crippen LogP contribution in [0.2, 0.25) is 0 Å². The molecule has 0 heterocycles. The summed E-state index contributed by atoms with van der Waals surface area (Å²) in [5.41, 5.74) is 10.3. The molecule has 0 aliphatic rings. The molecule has 0 radical (unpaired) electrons. The van der Waals surface area contributed by atoms with Gasteiger partial charge in [-0.15, -0.1) is 0 Å². The minimum atomic E-state index is -0.976. The molecule has 1 aromatic carbocycles. The van der Waals surface area contributed by atoms with Gasteiger partial charge in [0.2, 0.25) is 0 Å². The maximum absolute atomic E-state index is 13.2. The lowest BCUT2D eigenvalue weighted by molar-refractivity contribution is 0.457. The van der Waals surface area contributed by atoms with E-state index in [2.05, 4.69) is 0 Å². The molecule has 0 saturated heterocycles. The van der Waals surface area contributed by atoms with Crippen LogP contribution in [-0.4, -0.2) is 0 Å². The number of halogens is 2. The fourth-order valence-corrected chi connectivity index (χ4v) is 1.22. The second-order valence-electron chi connectivity index (χ2n) is 3.55. The molecule has 0 aromatic heterocycles. The van der Waals surface area contributed by atoms with Crippen molar-refractivity contribution in [3.63, 3.8) is 0 Å². The molecule has 1 rings (SSSR count). The minimum absolute atomic E-state index is 0.0208. The zero-order valence-electron chi connectivity index (χ0n) is 7.57. The molecule has 4 heteroatoms. The van der Waals surface area contributed by atoms with Gasteiger partial charge in [-0.1, -0.05) is 0 Å². The monoisotopic (exact) mass is 186 g/mol. The van der Waals surface area contributed by atoms with Gasteiger partial charge in [0, 0.05) is 16.8 Å². The first-order valence-corrected chi connectivity index (χ1v) is 3.87. The quantitative estimate of drug-likeness (QED) is 0.656. The van der Waals surface area contributed by atoms with E-state index in [1.165, 1.54) is 6.07 Å². The van der Waals surface area contributed by atoms with E-state index in [0.717, 1.165) is 6.07 Å². The fraction of sp³-hybridized carbons (Fsp3) is 0.333. The van der Waals surface area contributed by atoms with Gasteiger partial charge in [-0.25, -0.2) is 8.78 Å². The van der Waals surface area contributed by atoms with Crippen LogP contribution >= 0.6 is 0 Å². The SMILES string of the molecule is CC(C)(N)c1c(N)ccc(F)c1F. The minimum Gasteiger partial charge on any atom is -0.398 e. The molecule has 13 heavy (non-hydrogen) atoms. The Kier molecular flexibility index (Phi) is 2.26. The Balaban J connectivity index is 3.43. The van der Waals surface area contributed by atoms with Gasteiger partial charge in [0.1, 0.15) is 0 Å². The van der Waals surface area contributed by atoms with Crippen LogP contribution < -0.4 is 11.5 Å². The molecule has 0 aliphatic heterocycles. The van der Waals surface area contributed by atoms with Gasteiger partial charge in [0.15, 0.2) is 11.6 Å². The normalized spacial score (nSPS) is 11.8. The number of nitrogens with two attached hydrogens (primary N) is 2. The fourth-order valence-electron chi connectivity index (χ4n) is 1.22. The number of anilines is 1. The highest BCUT2D eigenvalue weighted by atomic mass is 19.2. The maximum atomic E-state index is 13.2. The first kappa shape index (κ1) is 9.92. The first-order valence-electron chi connectivity index (χ1n) is 3.87. The molecule has 0 aliphatic carbocycles. The number of benzene rings is 1. The second-order valence-corrected chi connectivity index (χ2v) is 3.55. The predicted octanol–water partition coefficient (Wildman–Crippen LogP) is 1.74. The van der Waals surface area contributed by atoms with E-state index in [-0.39, 0.29) is 11.3 Å². The number of hydrogen-bond donors (Lipinski definition) is 2. The van der Waals surface area contributed by atoms with Gasteiger partial charge in [-0.3, -0.25) is 0 Å². The average Bonchev–Trinajstić information content (AvgIpc) is 1.95. The molecule has 2 nitrogen and oxygen atoms in total. The van der Waals surface area contributed by atoms with E-state index < -0.39 is 17.2 Å². The average molecular weight is 186 g/mol. The molecular formula is C9H12F2N2. The largest absolute Gasteiger partial charge is 0.398 e. The van der Waals surface area contributed by atoms with Crippen LogP contribution in [0.5, 0.6) is 0 Å². The highest BCUT2D eigenvalue weighted by Crippen LogP contribution is 2.27. The Morgan fingerprint density at radius 2 is 1.77 bits per heavy atom. The van der Waals surface area contributed by atoms with Crippen LogP contribution in [0, 0.1) is 11.6 Å². The van der Waals surface area contributed by atoms with E-state index in [0.29, 0.717) is 0 Å². The second kappa shape index (κ2) is 2.96. The molecule has 0 bridgehead atoms. The van der Waals surface area contributed by atoms with Crippen molar-refractivity contribution >= 4 is 5.69 Å². The Hall–Kier alpha value is -1.16. The van der Waals surface area contributed by atoms with Crippen molar-refractivity contribution in [3.05, 3.63) is 29.3 Å². The highest BCUT2D eigenvalue weighted by Gasteiger charge is 2.24. The zero-order valence-corrected chi connectivity index (χ0v) is 7.57. The van der Waals surface area contributed by atoms with E-state index in [4.69, 9.17) is 11.5 Å². The van der Waals surface area contributed by atoms with Gasteiger partial charge in [0.05, 0.1) is 0 Å². The van der Waals surface area contributed by atoms with Gasteiger partial charge >= 0.3 is 0 Å². The molecule has 4 N–H and O–H groups in total. The summed E-state index contributed by atoms with van der Waals surface area (Å²) in [5.74, 6) is -1.89. The molecule has 0 spiro atoms. The third-order valence-electron chi connectivity index (χ3n) is 1.77. The van der Waals surface area contributed by atoms with Crippen molar-refractivity contribution in [1.82, 2.24) is 0 Å². The number of nitrogen functional groups attached to an aromatic ring is 1. The molecule has 0 amide bonds. The van der Waals surface area contributed by atoms with Gasteiger partial charge < -0.3 is 11.5 Å². The summed E-state index contributed by atoms with van der Waals surface area (Å²) in [6.45, 7) is 3.14. The summed E-state index contributed by atoms with van der Waals surface area (Å²) in [7, 11) is 0. The number of rotatable bonds is 1. The van der Waals surface area contributed by atoms with Crippen LogP contribution in [0.15, 0.2) is 12.1 Å². The first-order chi connectivity index (χ1) is 5.84. The van der Waals surface area contributed by atoms with E-state index >= 15 is 0 Å². The van der Waals surface area contributed by atoms with Crippen LogP contribution in [0.3, 0.4) is 0 Å². The van der Waals surface area contributed by atoms with Crippen LogP contribution in [0.1, 0.15) is 19.4 Å². The molecule has 0 fully saturated rings. The molecule has 0 saturated carbocycles. The van der Waals surface area contributed by atoms with Crippen molar-refractivity contribution in [1.29, 1.82) is 0 Å². The summed E-state index contributed by atoms with van der Waals surface area (Å²) in [5, 5.41) is 0. The van der Waals surface area contributed by atoms with Gasteiger partial charge in [-0.05, 0) is 26.0 Å². The highest BCUT2D eigenvalue weighted by molar-refractivity contribution is 5.50. The predicted molar refractivity (Wildman–Crippen MR) is 48.0 cm³/mol. The molecule has 0 atom stereocenters. The maximum Gasteiger partial charge on any atom is 0.165 e. The lowest BCUT2D eigenvalue weighted by atomic mass is 9.93. The number of hydrogen-bond acceptors (Lipinski definition) is 2. The Morgan fingerprint density at radius 1 is 1.23 bits per heavy atom. The summed E-state index contributed by atoms with van der Waals surface area (Å²) in [6, 6.07) is 2.29. The standard InChI is InChI=1S/C9H12F2N2/c1-9(2,13)7-6(12)4-3-5(10)8(7)11/h3-4H,12-13H2,1-2H3. The molecule has 72 valence electrons.